The molecule has 1 aliphatic carbocycles. The number of carboxylic acid groups (broad SMARTS) is 1. The molecule has 0 spiro atoms. The van der Waals surface area contributed by atoms with Crippen molar-refractivity contribution in [2.75, 3.05) is 13.7 Å². The number of H-pyrrole nitrogens is 1. The van der Waals surface area contributed by atoms with Crippen LogP contribution in [0.5, 0.6) is 5.75 Å². The predicted octanol–water partition coefficient (Wildman–Crippen LogP) is 4.98. The van der Waals surface area contributed by atoms with E-state index in [1.807, 2.05) is 66.1 Å². The molecule has 278 valence electrons. The van der Waals surface area contributed by atoms with Gasteiger partial charge in [0.25, 0.3) is 5.91 Å². The summed E-state index contributed by atoms with van der Waals surface area (Å²) in [5, 5.41) is 29.1. The second-order valence-corrected chi connectivity index (χ2v) is 15.0. The molecule has 2 fully saturated rings. The summed E-state index contributed by atoms with van der Waals surface area (Å²) in [7, 11) is 1.59. The van der Waals surface area contributed by atoms with Gasteiger partial charge in [-0.1, -0.05) is 43.2 Å². The van der Waals surface area contributed by atoms with E-state index >= 15 is 0 Å². The summed E-state index contributed by atoms with van der Waals surface area (Å²) in [6.45, 7) is 0.0633. The maximum atomic E-state index is 14.7. The molecule has 1 saturated heterocycles. The van der Waals surface area contributed by atoms with Gasteiger partial charge in [0.05, 0.1) is 18.7 Å². The first-order chi connectivity index (χ1) is 26.3. The van der Waals surface area contributed by atoms with Crippen molar-refractivity contribution in [2.24, 2.45) is 5.92 Å². The Hall–Kier alpha value is -5.83. The molecule has 54 heavy (non-hydrogen) atoms. The third kappa shape index (κ3) is 6.63. The standard InChI is InChI=1S/C39H40N8O6S/c1-53-26-15-13-23(14-16-26)32-33(36-40-17-18-54-36)45-47(44-32)25-19-31-35(49)43-39(38(51)52)20-24(39)9-5-3-2-4-6-12-30(37(50)46(31)22-25)42-34(48)28-21-41-29-11-8-7-10-27(28)29/h5,7-11,13-18,21,24-25,30-31,41H,2-4,6,12,19-20,22H2,1H3,(H,42,48)(H,43,49)(H,51,52)/t24-,25-,30-,31+,39+/m1/s1. The Bertz CT molecular complexity index is 2230. The van der Waals surface area contributed by atoms with Crippen LogP contribution in [0.25, 0.3) is 32.9 Å². The van der Waals surface area contributed by atoms with E-state index in [2.05, 4.69) is 20.6 Å². The first-order valence-corrected chi connectivity index (χ1v) is 19.0. The maximum Gasteiger partial charge on any atom is 0.330 e. The lowest BCUT2D eigenvalue weighted by Crippen LogP contribution is -2.56. The summed E-state index contributed by atoms with van der Waals surface area (Å²) in [6, 6.07) is 12.4. The minimum absolute atomic E-state index is 0.0633. The number of benzene rings is 2. The number of hydrogen-bond donors (Lipinski definition) is 4. The summed E-state index contributed by atoms with van der Waals surface area (Å²) >= 11 is 1.42. The van der Waals surface area contributed by atoms with Crippen LogP contribution in [0.2, 0.25) is 0 Å². The summed E-state index contributed by atoms with van der Waals surface area (Å²) in [6.07, 6.45) is 11.0. The van der Waals surface area contributed by atoms with Crippen molar-refractivity contribution in [3.05, 3.63) is 84.0 Å². The zero-order chi connectivity index (χ0) is 37.4. The van der Waals surface area contributed by atoms with E-state index in [1.54, 1.807) is 19.5 Å². The van der Waals surface area contributed by atoms with Crippen molar-refractivity contribution >= 4 is 45.9 Å². The zero-order valence-corrected chi connectivity index (χ0v) is 30.4. The van der Waals surface area contributed by atoms with Crippen LogP contribution >= 0.6 is 11.3 Å². The number of nitrogens with one attached hydrogen (secondary N) is 3. The number of nitrogens with zero attached hydrogens (tertiary/aromatic N) is 5. The predicted molar refractivity (Wildman–Crippen MR) is 201 cm³/mol. The van der Waals surface area contributed by atoms with Gasteiger partial charge in [-0.2, -0.15) is 9.90 Å². The average Bonchev–Trinajstić information content (AvgIpc) is 3.79. The summed E-state index contributed by atoms with van der Waals surface area (Å²) in [4.78, 5) is 66.0. The molecular weight excluding hydrogens is 709 g/mol. The number of aliphatic carboxylic acids is 1. The summed E-state index contributed by atoms with van der Waals surface area (Å²) < 4.78 is 5.35. The number of methoxy groups -OCH3 is 1. The number of thiazole rings is 1. The van der Waals surface area contributed by atoms with Crippen LogP contribution < -0.4 is 15.4 Å². The van der Waals surface area contributed by atoms with Crippen molar-refractivity contribution in [3.8, 4) is 27.7 Å². The van der Waals surface area contributed by atoms with Crippen LogP contribution in [-0.4, -0.2) is 89.9 Å². The van der Waals surface area contributed by atoms with Gasteiger partial charge in [0.15, 0.2) is 0 Å². The molecule has 5 aromatic rings. The van der Waals surface area contributed by atoms with Gasteiger partial charge in [0, 0.05) is 53.1 Å². The van der Waals surface area contributed by atoms with Crippen LogP contribution in [0.1, 0.15) is 61.3 Å². The van der Waals surface area contributed by atoms with Gasteiger partial charge < -0.3 is 30.4 Å². The molecule has 2 aliphatic heterocycles. The number of carbonyl (C=O) groups is 4. The number of para-hydroxylation sites is 1. The number of aromatic nitrogens is 5. The highest BCUT2D eigenvalue weighted by Crippen LogP contribution is 2.46. The topological polar surface area (TPSA) is 184 Å². The summed E-state index contributed by atoms with van der Waals surface area (Å²) in [5.41, 5.74) is 1.67. The molecule has 3 aromatic heterocycles. The van der Waals surface area contributed by atoms with Crippen LogP contribution in [0.4, 0.5) is 0 Å². The molecule has 4 N–H and O–H groups in total. The normalized spacial score (nSPS) is 24.6. The largest absolute Gasteiger partial charge is 0.497 e. The van der Waals surface area contributed by atoms with Crippen LogP contribution in [0, 0.1) is 5.92 Å². The molecule has 14 nitrogen and oxygen atoms in total. The van der Waals surface area contributed by atoms with Crippen LogP contribution in [0.15, 0.2) is 78.5 Å². The molecule has 0 radical (unpaired) electrons. The highest BCUT2D eigenvalue weighted by Gasteiger charge is 2.61. The number of fused-ring (bicyclic) bond motifs is 3. The van der Waals surface area contributed by atoms with Crippen molar-refractivity contribution in [1.82, 2.24) is 40.5 Å². The molecule has 1 saturated carbocycles. The number of ether oxygens (including phenoxy) is 1. The van der Waals surface area contributed by atoms with Gasteiger partial charge in [-0.05, 0) is 56.0 Å². The smallest absolute Gasteiger partial charge is 0.330 e. The molecule has 5 heterocycles. The van der Waals surface area contributed by atoms with E-state index in [4.69, 9.17) is 14.9 Å². The third-order valence-electron chi connectivity index (χ3n) is 10.7. The lowest BCUT2D eigenvalue weighted by Gasteiger charge is -2.29. The van der Waals surface area contributed by atoms with E-state index in [9.17, 15) is 24.3 Å². The molecule has 15 heteroatoms. The second-order valence-electron chi connectivity index (χ2n) is 14.1. The fourth-order valence-corrected chi connectivity index (χ4v) is 8.28. The molecule has 0 unspecified atom stereocenters. The zero-order valence-electron chi connectivity index (χ0n) is 29.6. The van der Waals surface area contributed by atoms with E-state index in [1.165, 1.54) is 21.0 Å². The number of carboxylic acids is 1. The number of allylic oxidation sites excluding steroid dienone is 1. The number of amides is 3. The molecule has 8 rings (SSSR count). The monoisotopic (exact) mass is 748 g/mol. The Labute approximate surface area is 314 Å². The SMILES string of the molecule is COc1ccc(-c2nn([C@@H]3C[C@H]4C(=O)N[C@@]5(C(=O)O)C[C@H]5C=CCCCCC[C@@H](NC(=O)c5c[nH]c6ccccc56)C(=O)N4C3)nc2-c2nccs2)cc1. The van der Waals surface area contributed by atoms with E-state index in [0.29, 0.717) is 40.6 Å². The maximum absolute atomic E-state index is 14.7. The number of aromatic amines is 1. The Kier molecular flexibility index (Phi) is 9.48. The van der Waals surface area contributed by atoms with Crippen molar-refractivity contribution in [1.29, 1.82) is 0 Å². The van der Waals surface area contributed by atoms with Gasteiger partial charge in [-0.3, -0.25) is 14.4 Å². The Morgan fingerprint density at radius 3 is 2.65 bits per heavy atom. The van der Waals surface area contributed by atoms with Gasteiger partial charge in [-0.25, -0.2) is 9.78 Å². The van der Waals surface area contributed by atoms with Crippen LogP contribution in [0.3, 0.4) is 0 Å². The molecular formula is C39H40N8O6S. The van der Waals surface area contributed by atoms with E-state index in [0.717, 1.165) is 35.7 Å². The van der Waals surface area contributed by atoms with Gasteiger partial charge in [0.1, 0.15) is 39.8 Å². The number of rotatable bonds is 7. The van der Waals surface area contributed by atoms with Gasteiger partial charge in [-0.15, -0.1) is 16.4 Å². The third-order valence-corrected chi connectivity index (χ3v) is 11.5. The highest BCUT2D eigenvalue weighted by molar-refractivity contribution is 7.13. The van der Waals surface area contributed by atoms with Crippen molar-refractivity contribution < 1.29 is 29.0 Å². The fourth-order valence-electron chi connectivity index (χ4n) is 7.65. The Morgan fingerprint density at radius 2 is 1.87 bits per heavy atom. The van der Waals surface area contributed by atoms with E-state index in [-0.39, 0.29) is 25.3 Å². The van der Waals surface area contributed by atoms with Gasteiger partial charge >= 0.3 is 5.97 Å². The van der Waals surface area contributed by atoms with Crippen molar-refractivity contribution in [2.45, 2.75) is 68.6 Å². The fraction of sp³-hybridized carbons (Fsp3) is 0.359. The number of carbonyl (C=O) groups excluding carboxylic acids is 3. The van der Waals surface area contributed by atoms with Gasteiger partial charge in [0.2, 0.25) is 11.8 Å². The minimum Gasteiger partial charge on any atom is -0.497 e. The number of hydrogen-bond acceptors (Lipinski definition) is 9. The highest BCUT2D eigenvalue weighted by atomic mass is 32.1. The lowest BCUT2D eigenvalue weighted by molar-refractivity contribution is -0.145. The molecule has 3 aliphatic rings. The minimum atomic E-state index is -1.45. The Balaban J connectivity index is 1.14. The summed E-state index contributed by atoms with van der Waals surface area (Å²) in [5.74, 6) is -2.17. The van der Waals surface area contributed by atoms with Crippen molar-refractivity contribution in [3.63, 3.8) is 0 Å². The first kappa shape index (κ1) is 35.2. The average molecular weight is 749 g/mol. The Morgan fingerprint density at radius 1 is 1.06 bits per heavy atom. The van der Waals surface area contributed by atoms with E-state index < -0.39 is 47.4 Å². The molecule has 0 bridgehead atoms. The molecule has 3 amide bonds. The lowest BCUT2D eigenvalue weighted by atomic mass is 10.0. The quantitative estimate of drug-likeness (QED) is 0.167. The molecule has 5 atom stereocenters. The second kappa shape index (κ2) is 14.5. The first-order valence-electron chi connectivity index (χ1n) is 18.2. The molecule has 2 aromatic carbocycles. The van der Waals surface area contributed by atoms with Crippen LogP contribution in [-0.2, 0) is 14.4 Å².